The molecule has 0 spiro atoms. The number of nitrogens with one attached hydrogen (secondary N) is 5. The number of methoxy groups -OCH3 is 1. The number of nitrogen functional groups attached to an aromatic ring is 1. The van der Waals surface area contributed by atoms with E-state index in [0.717, 1.165) is 59.5 Å². The Morgan fingerprint density at radius 3 is 2.00 bits per heavy atom. The molecule has 0 radical (unpaired) electrons. The number of nitrogens with two attached hydrogens (primary N) is 2. The number of carbonyl (C=O) groups is 4. The fourth-order valence-corrected chi connectivity index (χ4v) is 5.06. The molecule has 0 saturated heterocycles. The molecule has 19 nitrogen and oxygen atoms in total. The number of amides is 4. The highest BCUT2D eigenvalue weighted by Gasteiger charge is 2.14. The van der Waals surface area contributed by atoms with E-state index in [-0.39, 0.29) is 45.3 Å². The highest BCUT2D eigenvalue weighted by Crippen LogP contribution is 2.27. The minimum absolute atomic E-state index is 0.242. The van der Waals surface area contributed by atoms with Crippen molar-refractivity contribution < 1.29 is 42.9 Å². The number of fused-ring (bicyclic) bond motifs is 1. The van der Waals surface area contributed by atoms with Gasteiger partial charge in [0.05, 0.1) is 98.2 Å². The van der Waals surface area contributed by atoms with Crippen LogP contribution in [-0.2, 0) is 51.3 Å². The molecule has 55 heavy (non-hydrogen) atoms. The van der Waals surface area contributed by atoms with Gasteiger partial charge in [-0.15, -0.1) is 0 Å². The highest BCUT2D eigenvalue weighted by atomic mass is 16.6. The van der Waals surface area contributed by atoms with Crippen molar-refractivity contribution >= 4 is 46.4 Å². The van der Waals surface area contributed by atoms with Gasteiger partial charge in [0, 0.05) is 24.8 Å². The first-order valence-electron chi connectivity index (χ1n) is 18.3. The van der Waals surface area contributed by atoms with Gasteiger partial charge < -0.3 is 66.3 Å². The van der Waals surface area contributed by atoms with Gasteiger partial charge in [-0.25, -0.2) is 4.98 Å². The Morgan fingerprint density at radius 1 is 0.745 bits per heavy atom. The first kappa shape index (κ1) is 44.3. The Morgan fingerprint density at radius 2 is 1.36 bits per heavy atom. The van der Waals surface area contributed by atoms with Crippen molar-refractivity contribution in [3.8, 4) is 5.75 Å². The minimum atomic E-state index is -0.556. The average Bonchev–Trinajstić information content (AvgIpc) is 3.59. The first-order chi connectivity index (χ1) is 26.7. The molecule has 0 bridgehead atoms. The van der Waals surface area contributed by atoms with Crippen molar-refractivity contribution in [3.63, 3.8) is 0 Å². The van der Waals surface area contributed by atoms with E-state index in [2.05, 4.69) is 48.0 Å². The third kappa shape index (κ3) is 17.3. The normalized spacial score (nSPS) is 11.0. The van der Waals surface area contributed by atoms with Gasteiger partial charge in [0.15, 0.2) is 5.82 Å². The fourth-order valence-electron chi connectivity index (χ4n) is 5.06. The lowest BCUT2D eigenvalue weighted by Crippen LogP contribution is -2.45. The van der Waals surface area contributed by atoms with Gasteiger partial charge in [0.2, 0.25) is 29.6 Å². The van der Waals surface area contributed by atoms with E-state index in [1.807, 2.05) is 30.5 Å². The van der Waals surface area contributed by atoms with E-state index in [9.17, 15) is 19.2 Å². The number of hydrogen-bond donors (Lipinski definition) is 7. The molecule has 3 aromatic rings. The van der Waals surface area contributed by atoms with Crippen LogP contribution in [0.5, 0.6) is 5.75 Å². The van der Waals surface area contributed by atoms with Crippen molar-refractivity contribution in [2.75, 3.05) is 104 Å². The number of unbranched alkanes of at least 4 members (excludes halogenated alkanes) is 2. The highest BCUT2D eigenvalue weighted by molar-refractivity contribution is 5.90. The molecule has 2 heterocycles. The summed E-state index contributed by atoms with van der Waals surface area (Å²) in [5, 5.41) is 13.0. The molecule has 0 unspecified atom stereocenters. The maximum atomic E-state index is 11.9. The van der Waals surface area contributed by atoms with E-state index in [0.29, 0.717) is 52.8 Å². The van der Waals surface area contributed by atoms with Crippen molar-refractivity contribution in [2.24, 2.45) is 5.73 Å². The third-order valence-electron chi connectivity index (χ3n) is 7.87. The molecule has 19 heteroatoms. The Bertz CT molecular complexity index is 1640. The summed E-state index contributed by atoms with van der Waals surface area (Å²) in [7, 11) is 1.66. The Kier molecular flexibility index (Phi) is 20.8. The van der Waals surface area contributed by atoms with Crippen LogP contribution in [0.3, 0.4) is 0 Å². The zero-order chi connectivity index (χ0) is 39.7. The molecular weight excluding hydrogens is 716 g/mol. The molecule has 0 atom stereocenters. The molecule has 2 aromatic heterocycles. The van der Waals surface area contributed by atoms with E-state index >= 15 is 0 Å². The van der Waals surface area contributed by atoms with Gasteiger partial charge >= 0.3 is 0 Å². The van der Waals surface area contributed by atoms with Crippen LogP contribution in [0.1, 0.15) is 37.3 Å². The number of rotatable bonds is 29. The maximum absolute atomic E-state index is 11.9. The molecule has 0 aliphatic carbocycles. The fraction of sp³-hybridized carbons (Fsp3) is 0.556. The third-order valence-corrected chi connectivity index (χ3v) is 7.87. The van der Waals surface area contributed by atoms with Crippen LogP contribution in [-0.4, -0.2) is 131 Å². The van der Waals surface area contributed by atoms with Crippen LogP contribution in [0.4, 0.5) is 11.8 Å². The number of hydrogen-bond acceptors (Lipinski definition) is 14. The van der Waals surface area contributed by atoms with E-state index in [1.54, 1.807) is 7.11 Å². The van der Waals surface area contributed by atoms with Crippen LogP contribution in [0, 0.1) is 0 Å². The van der Waals surface area contributed by atoms with Crippen LogP contribution in [0.25, 0.3) is 11.0 Å². The molecule has 4 amide bonds. The van der Waals surface area contributed by atoms with Gasteiger partial charge in [-0.3, -0.25) is 19.2 Å². The van der Waals surface area contributed by atoms with Gasteiger partial charge in [-0.1, -0.05) is 31.9 Å². The predicted molar refractivity (Wildman–Crippen MR) is 205 cm³/mol. The smallest absolute Gasteiger partial charge is 0.239 e. The molecule has 0 fully saturated rings. The largest absolute Gasteiger partial charge is 0.496 e. The Hall–Kier alpha value is -5.08. The standard InChI is InChI=1S/C36H56N10O9/c1-3-4-5-9-40-35-34-28(44-36(38)45-35)8-11-46(34)24-27-7-6-26(19-29(27)51-2)25-55-18-17-54-16-15-53-14-13-52-12-10-39-31(48)21-42-33(50)23-43-32(49)22-41-30(47)20-37/h6-8,11,19H,3-5,9-10,12-18,20-25,37H2,1-2H3,(H,39,48)(H,41,47)(H,42,50)(H,43,49)(H3,38,40,44,45). The molecule has 0 saturated carbocycles. The molecular formula is C36H56N10O9. The zero-order valence-corrected chi connectivity index (χ0v) is 31.8. The van der Waals surface area contributed by atoms with Crippen molar-refractivity contribution in [2.45, 2.75) is 39.3 Å². The number of benzene rings is 1. The lowest BCUT2D eigenvalue weighted by Gasteiger charge is -2.14. The Labute approximate surface area is 320 Å². The first-order valence-corrected chi connectivity index (χ1v) is 18.3. The van der Waals surface area contributed by atoms with Crippen LogP contribution in [0.15, 0.2) is 30.5 Å². The van der Waals surface area contributed by atoms with E-state index in [1.165, 1.54) is 0 Å². The van der Waals surface area contributed by atoms with Crippen molar-refractivity contribution in [3.05, 3.63) is 41.6 Å². The lowest BCUT2D eigenvalue weighted by atomic mass is 10.1. The summed E-state index contributed by atoms with van der Waals surface area (Å²) >= 11 is 0. The number of ether oxygens (including phenoxy) is 5. The van der Waals surface area contributed by atoms with Crippen LogP contribution in [0.2, 0.25) is 0 Å². The summed E-state index contributed by atoms with van der Waals surface area (Å²) in [6.07, 6.45) is 5.31. The second-order valence-corrected chi connectivity index (χ2v) is 12.2. The van der Waals surface area contributed by atoms with Gasteiger partial charge in [0.25, 0.3) is 0 Å². The number of aromatic nitrogens is 3. The molecule has 0 aliphatic rings. The number of nitrogens with zero attached hydrogens (tertiary/aromatic N) is 3. The molecule has 304 valence electrons. The monoisotopic (exact) mass is 772 g/mol. The quantitative estimate of drug-likeness (QED) is 0.0446. The van der Waals surface area contributed by atoms with E-state index in [4.69, 9.17) is 35.2 Å². The van der Waals surface area contributed by atoms with Crippen LogP contribution < -0.4 is 42.8 Å². The van der Waals surface area contributed by atoms with Gasteiger partial charge in [-0.05, 0) is 24.1 Å². The number of carbonyl (C=O) groups excluding carboxylic acids is 4. The average molecular weight is 773 g/mol. The van der Waals surface area contributed by atoms with Gasteiger partial charge in [0.1, 0.15) is 11.3 Å². The maximum Gasteiger partial charge on any atom is 0.239 e. The van der Waals surface area contributed by atoms with E-state index < -0.39 is 23.6 Å². The summed E-state index contributed by atoms with van der Waals surface area (Å²) < 4.78 is 30.1. The number of anilines is 2. The second kappa shape index (κ2) is 25.9. The molecule has 3 rings (SSSR count). The van der Waals surface area contributed by atoms with Crippen molar-refractivity contribution in [1.82, 2.24) is 35.8 Å². The summed E-state index contributed by atoms with van der Waals surface area (Å²) in [4.78, 5) is 55.0. The van der Waals surface area contributed by atoms with Crippen LogP contribution >= 0.6 is 0 Å². The summed E-state index contributed by atoms with van der Waals surface area (Å²) in [6.45, 7) is 5.70. The zero-order valence-electron chi connectivity index (χ0n) is 31.8. The topological polar surface area (TPSA) is 257 Å². The molecule has 9 N–H and O–H groups in total. The lowest BCUT2D eigenvalue weighted by molar-refractivity contribution is -0.128. The predicted octanol–water partition coefficient (Wildman–Crippen LogP) is -0.338. The second-order valence-electron chi connectivity index (χ2n) is 12.2. The Balaban J connectivity index is 1.20. The van der Waals surface area contributed by atoms with Crippen molar-refractivity contribution in [1.29, 1.82) is 0 Å². The van der Waals surface area contributed by atoms with Gasteiger partial charge in [-0.2, -0.15) is 4.98 Å². The SMILES string of the molecule is CCCCCNc1nc(N)nc2ccn(Cc3ccc(COCCOCCOCCOCCNC(=O)CNC(=O)CNC(=O)CNC(=O)CN)cc3OC)c12. The summed E-state index contributed by atoms with van der Waals surface area (Å²) in [5.41, 5.74) is 14.8. The molecule has 0 aliphatic heterocycles. The summed E-state index contributed by atoms with van der Waals surface area (Å²) in [6, 6.07) is 7.98. The molecule has 1 aromatic carbocycles. The minimum Gasteiger partial charge on any atom is -0.496 e. The summed E-state index contributed by atoms with van der Waals surface area (Å²) in [5.74, 6) is -0.277.